The average Bonchev–Trinajstić information content (AvgIpc) is 3.08. The molecule has 1 aliphatic rings. The number of hydrogen-bond acceptors (Lipinski definition) is 4. The van der Waals surface area contributed by atoms with Gasteiger partial charge in [0.05, 0.1) is 18.3 Å². The minimum absolute atomic E-state index is 0.222. The van der Waals surface area contributed by atoms with Crippen molar-refractivity contribution in [2.24, 2.45) is 5.92 Å². The normalized spacial score (nSPS) is 20.5. The lowest BCUT2D eigenvalue weighted by Crippen LogP contribution is -2.39. The lowest BCUT2D eigenvalue weighted by Gasteiger charge is -2.25. The molecule has 2 aromatic rings. The molecule has 1 aromatic carbocycles. The highest BCUT2D eigenvalue weighted by molar-refractivity contribution is 5.73. The molecule has 6 nitrogen and oxygen atoms in total. The number of benzene rings is 1. The van der Waals surface area contributed by atoms with E-state index in [0.29, 0.717) is 30.6 Å². The molecular weight excluding hydrogens is 306 g/mol. The van der Waals surface area contributed by atoms with Crippen LogP contribution in [0.4, 0.5) is 4.79 Å². The Morgan fingerprint density at radius 1 is 1.25 bits per heavy atom. The van der Waals surface area contributed by atoms with Gasteiger partial charge in [-0.25, -0.2) is 9.78 Å². The summed E-state index contributed by atoms with van der Waals surface area (Å²) in [6.07, 6.45) is 5.06. The van der Waals surface area contributed by atoms with E-state index >= 15 is 0 Å². The highest BCUT2D eigenvalue weighted by atomic mass is 16.3. The molecule has 0 bridgehead atoms. The first-order valence-electron chi connectivity index (χ1n) is 8.40. The number of nitrogens with one attached hydrogen (secondary N) is 2. The van der Waals surface area contributed by atoms with Crippen molar-refractivity contribution in [3.05, 3.63) is 42.3 Å². The molecule has 1 aliphatic carbocycles. The summed E-state index contributed by atoms with van der Waals surface area (Å²) < 4.78 is 5.44. The molecule has 2 amide bonds. The van der Waals surface area contributed by atoms with Gasteiger partial charge in [-0.1, -0.05) is 24.6 Å². The van der Waals surface area contributed by atoms with Crippen LogP contribution in [0, 0.1) is 5.92 Å². The number of aromatic nitrogens is 1. The van der Waals surface area contributed by atoms with Crippen LogP contribution in [-0.2, 0) is 6.54 Å². The summed E-state index contributed by atoms with van der Waals surface area (Å²) in [6, 6.07) is 9.41. The van der Waals surface area contributed by atoms with Gasteiger partial charge in [-0.2, -0.15) is 0 Å². The fraction of sp³-hybridized carbons (Fsp3) is 0.444. The maximum absolute atomic E-state index is 11.9. The molecule has 3 N–H and O–H groups in total. The monoisotopic (exact) mass is 329 g/mol. The molecule has 2 atom stereocenters. The van der Waals surface area contributed by atoms with Crippen LogP contribution in [0.15, 0.2) is 41.0 Å². The van der Waals surface area contributed by atoms with Crippen LogP contribution < -0.4 is 10.6 Å². The van der Waals surface area contributed by atoms with E-state index in [1.54, 1.807) is 6.26 Å². The van der Waals surface area contributed by atoms with E-state index in [1.807, 2.05) is 30.3 Å². The number of aliphatic hydroxyl groups is 1. The van der Waals surface area contributed by atoms with Gasteiger partial charge in [-0.3, -0.25) is 0 Å². The van der Waals surface area contributed by atoms with Crippen molar-refractivity contribution < 1.29 is 14.3 Å². The second-order valence-electron chi connectivity index (χ2n) is 6.26. The molecule has 0 aliphatic heterocycles. The van der Waals surface area contributed by atoms with Gasteiger partial charge in [0.25, 0.3) is 0 Å². The number of hydrogen-bond donors (Lipinski definition) is 3. The molecule has 1 saturated carbocycles. The second kappa shape index (κ2) is 7.97. The van der Waals surface area contributed by atoms with Crippen LogP contribution >= 0.6 is 0 Å². The van der Waals surface area contributed by atoms with Gasteiger partial charge < -0.3 is 20.2 Å². The number of oxazole rings is 1. The molecule has 0 radical (unpaired) electrons. The maximum Gasteiger partial charge on any atom is 0.315 e. The predicted molar refractivity (Wildman–Crippen MR) is 90.1 cm³/mol. The largest absolute Gasteiger partial charge is 0.444 e. The van der Waals surface area contributed by atoms with Crippen molar-refractivity contribution in [3.63, 3.8) is 0 Å². The fourth-order valence-electron chi connectivity index (χ4n) is 3.02. The zero-order chi connectivity index (χ0) is 16.8. The van der Waals surface area contributed by atoms with E-state index in [1.165, 1.54) is 0 Å². The Labute approximate surface area is 141 Å². The van der Waals surface area contributed by atoms with Crippen LogP contribution in [0.25, 0.3) is 11.5 Å². The minimum Gasteiger partial charge on any atom is -0.444 e. The van der Waals surface area contributed by atoms with E-state index < -0.39 is 0 Å². The van der Waals surface area contributed by atoms with E-state index in [0.717, 1.165) is 31.2 Å². The highest BCUT2D eigenvalue weighted by Gasteiger charge is 2.20. The molecule has 6 heteroatoms. The van der Waals surface area contributed by atoms with Crippen molar-refractivity contribution in [3.8, 4) is 11.5 Å². The van der Waals surface area contributed by atoms with Crippen molar-refractivity contribution >= 4 is 6.03 Å². The number of carbonyl (C=O) groups excluding carboxylic acids is 1. The number of rotatable bonds is 5. The molecule has 0 spiro atoms. The highest BCUT2D eigenvalue weighted by Crippen LogP contribution is 2.23. The summed E-state index contributed by atoms with van der Waals surface area (Å²) in [5.74, 6) is 0.903. The number of nitrogens with zero attached hydrogens (tertiary/aromatic N) is 1. The first-order chi connectivity index (χ1) is 11.7. The quantitative estimate of drug-likeness (QED) is 0.787. The lowest BCUT2D eigenvalue weighted by atomic mass is 9.87. The van der Waals surface area contributed by atoms with Gasteiger partial charge in [0.1, 0.15) is 6.26 Å². The van der Waals surface area contributed by atoms with E-state index in [-0.39, 0.29) is 12.1 Å². The van der Waals surface area contributed by atoms with Crippen LogP contribution in [0.5, 0.6) is 0 Å². The standard InChI is InChI=1S/C18H23N3O3/c22-16-8-4-5-13(9-16)10-19-18(23)20-11-15-12-24-17(21-15)14-6-2-1-3-7-14/h1-3,6-7,12-13,16,22H,4-5,8-11H2,(H2,19,20,23). The Morgan fingerprint density at radius 2 is 2.08 bits per heavy atom. The SMILES string of the molecule is O=C(NCc1coc(-c2ccccc2)n1)NCC1CCCC(O)C1. The van der Waals surface area contributed by atoms with Gasteiger partial charge in [-0.05, 0) is 37.3 Å². The van der Waals surface area contributed by atoms with Crippen molar-refractivity contribution in [2.75, 3.05) is 6.54 Å². The Hall–Kier alpha value is -2.34. The van der Waals surface area contributed by atoms with Crippen LogP contribution in [0.3, 0.4) is 0 Å². The number of urea groups is 1. The van der Waals surface area contributed by atoms with Crippen molar-refractivity contribution in [1.29, 1.82) is 0 Å². The minimum atomic E-state index is -0.223. The summed E-state index contributed by atoms with van der Waals surface area (Å²) in [7, 11) is 0. The maximum atomic E-state index is 11.9. The summed E-state index contributed by atoms with van der Waals surface area (Å²) in [5, 5.41) is 15.3. The van der Waals surface area contributed by atoms with Crippen molar-refractivity contribution in [2.45, 2.75) is 38.3 Å². The number of amides is 2. The topological polar surface area (TPSA) is 87.4 Å². The molecular formula is C18H23N3O3. The van der Waals surface area contributed by atoms with Crippen LogP contribution in [0.1, 0.15) is 31.4 Å². The van der Waals surface area contributed by atoms with Gasteiger partial charge in [0.15, 0.2) is 0 Å². The molecule has 0 saturated heterocycles. The molecule has 1 aromatic heterocycles. The van der Waals surface area contributed by atoms with Crippen LogP contribution in [-0.4, -0.2) is 28.8 Å². The smallest absolute Gasteiger partial charge is 0.315 e. The first kappa shape index (κ1) is 16.5. The number of aliphatic hydroxyl groups excluding tert-OH is 1. The van der Waals surface area contributed by atoms with Gasteiger partial charge >= 0.3 is 6.03 Å². The Bertz CT molecular complexity index is 657. The molecule has 1 heterocycles. The average molecular weight is 329 g/mol. The summed E-state index contributed by atoms with van der Waals surface area (Å²) in [6.45, 7) is 0.909. The number of carbonyl (C=O) groups is 1. The first-order valence-corrected chi connectivity index (χ1v) is 8.40. The van der Waals surface area contributed by atoms with Crippen molar-refractivity contribution in [1.82, 2.24) is 15.6 Å². The third-order valence-electron chi connectivity index (χ3n) is 4.31. The Morgan fingerprint density at radius 3 is 2.88 bits per heavy atom. The van der Waals surface area contributed by atoms with E-state index in [9.17, 15) is 9.90 Å². The van der Waals surface area contributed by atoms with Gasteiger partial charge in [-0.15, -0.1) is 0 Å². The van der Waals surface area contributed by atoms with Gasteiger partial charge in [0.2, 0.25) is 5.89 Å². The van der Waals surface area contributed by atoms with E-state index in [4.69, 9.17) is 4.42 Å². The molecule has 24 heavy (non-hydrogen) atoms. The third-order valence-corrected chi connectivity index (χ3v) is 4.31. The zero-order valence-corrected chi connectivity index (χ0v) is 13.6. The Balaban J connectivity index is 1.42. The molecule has 3 rings (SSSR count). The van der Waals surface area contributed by atoms with Crippen LogP contribution in [0.2, 0.25) is 0 Å². The molecule has 128 valence electrons. The second-order valence-corrected chi connectivity index (χ2v) is 6.26. The summed E-state index contributed by atoms with van der Waals surface area (Å²) in [4.78, 5) is 16.2. The zero-order valence-electron chi connectivity index (χ0n) is 13.6. The molecule has 2 unspecified atom stereocenters. The Kier molecular flexibility index (Phi) is 5.48. The lowest BCUT2D eigenvalue weighted by molar-refractivity contribution is 0.101. The molecule has 1 fully saturated rings. The predicted octanol–water partition coefficient (Wildman–Crippen LogP) is 2.69. The third kappa shape index (κ3) is 4.58. The summed E-state index contributed by atoms with van der Waals surface area (Å²) >= 11 is 0. The van der Waals surface area contributed by atoms with E-state index in [2.05, 4.69) is 15.6 Å². The fourth-order valence-corrected chi connectivity index (χ4v) is 3.02. The van der Waals surface area contributed by atoms with Gasteiger partial charge in [0, 0.05) is 12.1 Å². The summed E-state index contributed by atoms with van der Waals surface area (Å²) in [5.41, 5.74) is 1.58.